The van der Waals surface area contributed by atoms with Crippen molar-refractivity contribution in [2.45, 2.75) is 109 Å². The molecule has 21 nitrogen and oxygen atoms in total. The van der Waals surface area contributed by atoms with E-state index in [4.69, 9.17) is 45.0 Å². The number of nitrogens with zero attached hydrogens (tertiary/aromatic N) is 11. The highest BCUT2D eigenvalue weighted by atomic mass is 32.1. The van der Waals surface area contributed by atoms with Crippen molar-refractivity contribution < 1.29 is 18.8 Å². The third kappa shape index (κ3) is 12.8. The van der Waals surface area contributed by atoms with Crippen molar-refractivity contribution in [3.8, 4) is 69.3 Å². The van der Waals surface area contributed by atoms with Crippen LogP contribution in [0.15, 0.2) is 121 Å². The molecule has 10 aromatic heterocycles. The molecule has 100 heavy (non-hydrogen) atoms. The van der Waals surface area contributed by atoms with Gasteiger partial charge in [-0.15, -0.1) is 24.2 Å². The first kappa shape index (κ1) is 66.0. The van der Waals surface area contributed by atoms with Crippen molar-refractivity contribution in [2.24, 2.45) is 11.8 Å². The number of likely N-dealkylation sites (tertiary alicyclic amines) is 1. The number of H-pyrrole nitrogens is 3. The van der Waals surface area contributed by atoms with Crippen LogP contribution in [0.3, 0.4) is 0 Å². The molecule has 0 bridgehead atoms. The van der Waals surface area contributed by atoms with Gasteiger partial charge in [0, 0.05) is 140 Å². The van der Waals surface area contributed by atoms with Gasteiger partial charge >= 0.3 is 6.03 Å². The number of hydrogen-bond donors (Lipinski definition) is 7. The molecule has 13 aromatic rings. The number of aromatic amines is 3. The number of Topliss-reactive ketones (excluding diaryl/α,β-unsaturated/α-hetero) is 1. The molecule has 11 heterocycles. The van der Waals surface area contributed by atoms with Gasteiger partial charge in [0.25, 0.3) is 0 Å². The van der Waals surface area contributed by atoms with Gasteiger partial charge in [-0.05, 0) is 137 Å². The van der Waals surface area contributed by atoms with Crippen molar-refractivity contribution in [3.63, 3.8) is 0 Å². The molecule has 0 radical (unpaired) electrons. The number of ketones is 1. The minimum atomic E-state index is -0.342. The number of para-hydroxylation sites is 2. The topological polar surface area (TPSA) is 286 Å². The maximum absolute atomic E-state index is 14.5. The van der Waals surface area contributed by atoms with Gasteiger partial charge in [0.15, 0.2) is 0 Å². The number of nitrogens with two attached hydrogens (primary N) is 3. The Labute approximate surface area is 581 Å². The number of amides is 3. The summed E-state index contributed by atoms with van der Waals surface area (Å²) in [5.41, 5.74) is 31.2. The second-order valence-electron chi connectivity index (χ2n) is 26.8. The lowest BCUT2D eigenvalue weighted by Gasteiger charge is -2.33. The van der Waals surface area contributed by atoms with E-state index in [9.17, 15) is 18.8 Å². The van der Waals surface area contributed by atoms with Gasteiger partial charge in [-0.2, -0.15) is 0 Å². The molecule has 0 atom stereocenters. The molecular formula is C77H79FN18O3S. The number of halogens is 1. The fourth-order valence-corrected chi connectivity index (χ4v) is 15.8. The van der Waals surface area contributed by atoms with Crippen LogP contribution in [0, 0.1) is 42.3 Å². The smallest absolute Gasteiger partial charge is 0.319 e. The number of imidazole rings is 3. The molecule has 10 N–H and O–H groups in total. The van der Waals surface area contributed by atoms with E-state index in [-0.39, 0.29) is 35.4 Å². The zero-order chi connectivity index (χ0) is 69.5. The zero-order valence-electron chi connectivity index (χ0n) is 56.4. The number of fused-ring (bicyclic) bond motifs is 6. The largest absolute Gasteiger partial charge is 0.382 e. The van der Waals surface area contributed by atoms with Gasteiger partial charge in [-0.3, -0.25) is 18.0 Å². The second-order valence-corrected chi connectivity index (χ2v) is 27.8. The van der Waals surface area contributed by atoms with Crippen molar-refractivity contribution in [2.75, 3.05) is 50.9 Å². The number of hydrogen-bond acceptors (Lipinski definition) is 13. The fourth-order valence-electron chi connectivity index (χ4n) is 15.1. The van der Waals surface area contributed by atoms with Gasteiger partial charge < -0.3 is 52.1 Å². The molecule has 2 aliphatic carbocycles. The van der Waals surface area contributed by atoms with E-state index < -0.39 is 0 Å². The summed E-state index contributed by atoms with van der Waals surface area (Å²) in [6, 6.07) is 25.5. The Hall–Kier alpha value is -11.3. The van der Waals surface area contributed by atoms with E-state index in [1.807, 2.05) is 56.6 Å². The van der Waals surface area contributed by atoms with Crippen molar-refractivity contribution in [1.29, 1.82) is 0 Å². The number of nitrogen functional groups attached to an aromatic ring is 3. The maximum atomic E-state index is 14.5. The van der Waals surface area contributed by atoms with Crippen LogP contribution >= 0.6 is 11.3 Å². The minimum absolute atomic E-state index is 0.0413. The van der Waals surface area contributed by atoms with Crippen LogP contribution in [0.2, 0.25) is 0 Å². The van der Waals surface area contributed by atoms with Gasteiger partial charge in [-0.25, -0.2) is 39.1 Å². The Morgan fingerprint density at radius 1 is 0.610 bits per heavy atom. The second kappa shape index (κ2) is 27.9. The summed E-state index contributed by atoms with van der Waals surface area (Å²) in [5, 5.41) is 7.67. The molecule has 3 aliphatic rings. The number of carbonyl (C=O) groups is 3. The molecule has 1 saturated heterocycles. The summed E-state index contributed by atoms with van der Waals surface area (Å²) < 4.78 is 20.7. The molecule has 1 aliphatic heterocycles. The Balaban J connectivity index is 0.000000128. The highest BCUT2D eigenvalue weighted by Crippen LogP contribution is 2.44. The Morgan fingerprint density at radius 3 is 1.61 bits per heavy atom. The number of piperidine rings is 1. The first-order valence-corrected chi connectivity index (χ1v) is 35.0. The van der Waals surface area contributed by atoms with Crippen molar-refractivity contribution in [1.82, 2.24) is 73.2 Å². The quantitative estimate of drug-likeness (QED) is 0.0562. The first-order chi connectivity index (χ1) is 48.5. The standard InChI is InChI=1S/C27H28N6OS.C26H26FN5O.C24H25N7O/c1-16(34)30-15-17-7-9-18(10-8-17)27-32-24(25-26(28)29-11-12-33(25)27)21-14-19-4-2-5-20(23(19)31-21)22-6-3-13-35-22;1-3-17-10-11-20(27)19-14-21(30-22(17)19)23-24-25(28)29-12-13-32(24)26(31-23)18-8-6-16(7-9-18)5-4-15(2)33;1-4-15-6-5-7-17-14-18(27-19(15)17)20-21-22(25)26-10-13-31(21)23(28-20)16-8-11-30(12-9-16)24(32)29(2)3/h2-6,11-14,17-18,31H,7-10,15H2,1H3,(H2,28,29)(H,30,34);1,10-14,16,18,30H,4-9H2,2H3,(H2,28,29);1,5-7,10,13-14,16,27H,8-9,11-12H2,2-3H3,(H2,25,26). The maximum Gasteiger partial charge on any atom is 0.319 e. The average molecular weight is 1360 g/mol. The van der Waals surface area contributed by atoms with E-state index in [1.165, 1.54) is 16.5 Å². The van der Waals surface area contributed by atoms with E-state index in [0.717, 1.165) is 156 Å². The van der Waals surface area contributed by atoms with Crippen molar-refractivity contribution >= 4 is 95.8 Å². The van der Waals surface area contributed by atoms with Crippen molar-refractivity contribution in [3.05, 3.63) is 156 Å². The van der Waals surface area contributed by atoms with Crippen LogP contribution < -0.4 is 22.5 Å². The molecule has 3 fully saturated rings. The first-order valence-electron chi connectivity index (χ1n) is 34.1. The number of thiophene rings is 1. The molecule has 0 spiro atoms. The summed E-state index contributed by atoms with van der Waals surface area (Å²) >= 11 is 1.74. The lowest BCUT2D eigenvalue weighted by Crippen LogP contribution is -2.43. The van der Waals surface area contributed by atoms with Crippen LogP contribution in [0.4, 0.5) is 26.6 Å². The number of carbonyl (C=O) groups excluding carboxylic acids is 3. The Kier molecular flexibility index (Phi) is 18.4. The third-order valence-corrected chi connectivity index (χ3v) is 21.1. The molecule has 16 rings (SSSR count). The molecule has 0 unspecified atom stereocenters. The van der Waals surface area contributed by atoms with Crippen LogP contribution in [-0.4, -0.2) is 119 Å². The van der Waals surface area contributed by atoms with E-state index in [0.29, 0.717) is 88.1 Å². The number of nitrogens with one attached hydrogen (secondary N) is 4. The Morgan fingerprint density at radius 2 is 1.10 bits per heavy atom. The van der Waals surface area contributed by atoms with Gasteiger partial charge in [0.05, 0.1) is 33.6 Å². The molecule has 3 aromatic carbocycles. The SMILES string of the molecule is C#Cc1ccc(F)c2cc(-c3nc(C4CCC(CCC(C)=O)CC4)n4ccnc(N)c34)[nH]c12.C#Cc1cccc2cc(-c3nc(C4CCN(C(=O)N(C)C)CC4)n4ccnc(N)c34)[nH]c12.CC(=O)NCC1CCC(c2nc(-c3cc4cccc(-c5cccs5)c4[nH]3)c3c(N)nccn23)CC1. The third-order valence-electron chi connectivity index (χ3n) is 20.2. The number of aromatic nitrogens is 12. The minimum Gasteiger partial charge on any atom is -0.382 e. The summed E-state index contributed by atoms with van der Waals surface area (Å²) in [7, 11) is 3.56. The fraction of sp³-hybridized carbons (Fsp3) is 0.312. The van der Waals surface area contributed by atoms with Crippen LogP contribution in [0.1, 0.15) is 137 Å². The number of terminal acetylenes is 2. The molecule has 508 valence electrons. The number of benzene rings is 3. The predicted molar refractivity (Wildman–Crippen MR) is 394 cm³/mol. The predicted octanol–water partition coefficient (Wildman–Crippen LogP) is 14.1. The lowest BCUT2D eigenvalue weighted by atomic mass is 9.79. The van der Waals surface area contributed by atoms with Gasteiger partial charge in [0.1, 0.15) is 80.2 Å². The number of urea groups is 1. The van der Waals surface area contributed by atoms with Crippen LogP contribution in [-0.2, 0) is 9.59 Å². The summed E-state index contributed by atoms with van der Waals surface area (Å²) in [6.45, 7) is 5.39. The van der Waals surface area contributed by atoms with E-state index in [2.05, 4.69) is 93.2 Å². The summed E-state index contributed by atoms with van der Waals surface area (Å²) in [6.07, 6.45) is 33.9. The molecule has 2 saturated carbocycles. The molecular weight excluding hydrogens is 1280 g/mol. The highest BCUT2D eigenvalue weighted by Gasteiger charge is 2.33. The Bertz CT molecular complexity index is 5320. The van der Waals surface area contributed by atoms with Crippen LogP contribution in [0.25, 0.3) is 93.9 Å². The number of rotatable bonds is 12. The molecule has 23 heteroatoms. The normalized spacial score (nSPS) is 17.2. The van der Waals surface area contributed by atoms with Gasteiger partial charge in [0.2, 0.25) is 5.91 Å². The lowest BCUT2D eigenvalue weighted by molar-refractivity contribution is -0.119. The van der Waals surface area contributed by atoms with E-state index in [1.54, 1.807) is 74.9 Å². The van der Waals surface area contributed by atoms with Gasteiger partial charge in [-0.1, -0.05) is 48.2 Å². The zero-order valence-corrected chi connectivity index (χ0v) is 57.2. The average Bonchev–Trinajstić information content (AvgIpc) is 1.61. The summed E-state index contributed by atoms with van der Waals surface area (Å²) in [5.74, 6) is 11.5. The monoisotopic (exact) mass is 1350 g/mol. The highest BCUT2D eigenvalue weighted by molar-refractivity contribution is 7.13. The molecule has 3 amide bonds. The van der Waals surface area contributed by atoms with E-state index >= 15 is 0 Å². The summed E-state index contributed by atoms with van der Waals surface area (Å²) in [4.78, 5) is 78.2. The number of anilines is 3. The van der Waals surface area contributed by atoms with Crippen LogP contribution in [0.5, 0.6) is 0 Å².